The van der Waals surface area contributed by atoms with Crippen LogP contribution in [0.5, 0.6) is 0 Å². The predicted molar refractivity (Wildman–Crippen MR) is 65.5 cm³/mol. The number of nitrogens with one attached hydrogen (secondary N) is 1. The van der Waals surface area contributed by atoms with Crippen LogP contribution in [0, 0.1) is 5.92 Å². The third-order valence-electron chi connectivity index (χ3n) is 3.48. The number of carbonyl (C=O) groups excluding carboxylic acids is 1. The molecular weight excluding hydrogens is 216 g/mol. The Hall–Kier alpha value is -1.36. The van der Waals surface area contributed by atoms with Gasteiger partial charge in [0.25, 0.3) is 5.91 Å². The number of rotatable bonds is 4. The summed E-state index contributed by atoms with van der Waals surface area (Å²) in [4.78, 5) is 16.0. The Morgan fingerprint density at radius 1 is 1.65 bits per heavy atom. The highest BCUT2D eigenvalue weighted by Gasteiger charge is 2.25. The van der Waals surface area contributed by atoms with Crippen LogP contribution in [0.3, 0.4) is 0 Å². The first kappa shape index (κ1) is 12.1. The van der Waals surface area contributed by atoms with Crippen molar-refractivity contribution in [3.63, 3.8) is 0 Å². The Bertz CT molecular complexity index is 382. The molecule has 1 aliphatic rings. The fourth-order valence-corrected chi connectivity index (χ4v) is 2.50. The van der Waals surface area contributed by atoms with Gasteiger partial charge in [0, 0.05) is 25.8 Å². The summed E-state index contributed by atoms with van der Waals surface area (Å²) in [5.41, 5.74) is 6.21. The number of nitrogens with two attached hydrogens (primary N) is 1. The van der Waals surface area contributed by atoms with Crippen LogP contribution in [-0.4, -0.2) is 28.0 Å². The molecule has 0 spiro atoms. The van der Waals surface area contributed by atoms with Crippen LogP contribution in [-0.2, 0) is 7.05 Å². The molecule has 2 rings (SSSR count). The van der Waals surface area contributed by atoms with Crippen LogP contribution in [0.25, 0.3) is 0 Å². The fourth-order valence-electron chi connectivity index (χ4n) is 2.50. The molecule has 3 N–H and O–H groups in total. The molecule has 0 bridgehead atoms. The van der Waals surface area contributed by atoms with E-state index in [1.807, 2.05) is 7.05 Å². The minimum absolute atomic E-state index is 0.0898. The van der Waals surface area contributed by atoms with Crippen molar-refractivity contribution < 1.29 is 4.79 Å². The van der Waals surface area contributed by atoms with Crippen LogP contribution in [0.1, 0.15) is 36.2 Å². The second-order valence-electron chi connectivity index (χ2n) is 4.78. The molecule has 5 heteroatoms. The highest BCUT2D eigenvalue weighted by atomic mass is 16.2. The van der Waals surface area contributed by atoms with Gasteiger partial charge in [0.2, 0.25) is 0 Å². The van der Waals surface area contributed by atoms with Gasteiger partial charge >= 0.3 is 0 Å². The minimum Gasteiger partial charge on any atom is -0.346 e. The summed E-state index contributed by atoms with van der Waals surface area (Å²) < 4.78 is 1.77. The fraction of sp³-hybridized carbons (Fsp3) is 0.667. The average Bonchev–Trinajstić information content (AvgIpc) is 2.96. The van der Waals surface area contributed by atoms with Crippen molar-refractivity contribution in [2.75, 3.05) is 6.54 Å². The van der Waals surface area contributed by atoms with Crippen LogP contribution in [0.15, 0.2) is 12.5 Å². The van der Waals surface area contributed by atoms with E-state index in [2.05, 4.69) is 10.3 Å². The Morgan fingerprint density at radius 2 is 2.35 bits per heavy atom. The maximum atomic E-state index is 11.9. The Labute approximate surface area is 101 Å². The average molecular weight is 236 g/mol. The number of amides is 1. The summed E-state index contributed by atoms with van der Waals surface area (Å²) in [6, 6.07) is 0.0898. The lowest BCUT2D eigenvalue weighted by molar-refractivity contribution is 0.0919. The monoisotopic (exact) mass is 236 g/mol. The first-order valence-corrected chi connectivity index (χ1v) is 6.19. The number of aryl methyl sites for hydroxylation is 1. The van der Waals surface area contributed by atoms with E-state index in [4.69, 9.17) is 5.73 Å². The summed E-state index contributed by atoms with van der Waals surface area (Å²) in [5, 5.41) is 3.00. The number of nitrogens with zero attached hydrogens (tertiary/aromatic N) is 2. The van der Waals surface area contributed by atoms with E-state index in [1.165, 1.54) is 25.7 Å². The second-order valence-corrected chi connectivity index (χ2v) is 4.78. The van der Waals surface area contributed by atoms with Gasteiger partial charge in [-0.05, 0) is 18.8 Å². The normalized spacial score (nSPS) is 18.2. The smallest absolute Gasteiger partial charge is 0.271 e. The van der Waals surface area contributed by atoms with Crippen molar-refractivity contribution in [1.29, 1.82) is 0 Å². The highest BCUT2D eigenvalue weighted by molar-refractivity contribution is 5.92. The quantitative estimate of drug-likeness (QED) is 0.807. The van der Waals surface area contributed by atoms with Crippen LogP contribution < -0.4 is 11.1 Å². The molecule has 17 heavy (non-hydrogen) atoms. The molecule has 1 saturated carbocycles. The zero-order valence-corrected chi connectivity index (χ0v) is 10.2. The highest BCUT2D eigenvalue weighted by Crippen LogP contribution is 2.27. The molecule has 0 aliphatic heterocycles. The largest absolute Gasteiger partial charge is 0.346 e. The summed E-state index contributed by atoms with van der Waals surface area (Å²) in [6.07, 6.45) is 8.19. The van der Waals surface area contributed by atoms with E-state index in [-0.39, 0.29) is 11.9 Å². The van der Waals surface area contributed by atoms with Crippen molar-refractivity contribution in [2.24, 2.45) is 18.7 Å². The lowest BCUT2D eigenvalue weighted by Gasteiger charge is -2.22. The molecule has 94 valence electrons. The maximum Gasteiger partial charge on any atom is 0.271 e. The zero-order chi connectivity index (χ0) is 12.3. The van der Waals surface area contributed by atoms with Gasteiger partial charge in [-0.15, -0.1) is 0 Å². The van der Waals surface area contributed by atoms with Crippen LogP contribution in [0.2, 0.25) is 0 Å². The third-order valence-corrected chi connectivity index (χ3v) is 3.48. The first-order valence-electron chi connectivity index (χ1n) is 6.19. The molecule has 0 radical (unpaired) electrons. The second kappa shape index (κ2) is 5.31. The van der Waals surface area contributed by atoms with Crippen molar-refractivity contribution >= 4 is 5.91 Å². The maximum absolute atomic E-state index is 11.9. The molecule has 1 aromatic rings. The van der Waals surface area contributed by atoms with E-state index in [1.54, 1.807) is 17.1 Å². The van der Waals surface area contributed by atoms with E-state index in [0.29, 0.717) is 18.2 Å². The van der Waals surface area contributed by atoms with Gasteiger partial charge < -0.3 is 15.6 Å². The van der Waals surface area contributed by atoms with E-state index >= 15 is 0 Å². The molecule has 0 saturated heterocycles. The van der Waals surface area contributed by atoms with Gasteiger partial charge in [0.1, 0.15) is 5.69 Å². The number of hydrogen-bond acceptors (Lipinski definition) is 3. The molecule has 1 atom stereocenters. The molecule has 1 amide bonds. The van der Waals surface area contributed by atoms with E-state index in [0.717, 1.165) is 0 Å². The number of aromatic nitrogens is 2. The summed E-state index contributed by atoms with van der Waals surface area (Å²) in [6.45, 7) is 0.503. The van der Waals surface area contributed by atoms with Crippen molar-refractivity contribution in [3.8, 4) is 0 Å². The summed E-state index contributed by atoms with van der Waals surface area (Å²) >= 11 is 0. The molecule has 1 aliphatic carbocycles. The summed E-state index contributed by atoms with van der Waals surface area (Å²) in [5.74, 6) is 0.417. The SMILES string of the molecule is Cn1cnc(C(=O)NC(CN)C2CCCC2)c1. The van der Waals surface area contributed by atoms with E-state index < -0.39 is 0 Å². The van der Waals surface area contributed by atoms with Crippen molar-refractivity contribution in [2.45, 2.75) is 31.7 Å². The Morgan fingerprint density at radius 3 is 2.88 bits per heavy atom. The van der Waals surface area contributed by atoms with Gasteiger partial charge in [-0.25, -0.2) is 4.98 Å². The topological polar surface area (TPSA) is 72.9 Å². The Balaban J connectivity index is 1.96. The standard InChI is InChI=1S/C12H20N4O/c1-16-7-11(14-8-16)12(17)15-10(6-13)9-4-2-3-5-9/h7-10H,2-6,13H2,1H3,(H,15,17). The van der Waals surface area contributed by atoms with Gasteiger partial charge in [0.15, 0.2) is 0 Å². The van der Waals surface area contributed by atoms with Gasteiger partial charge in [-0.2, -0.15) is 0 Å². The van der Waals surface area contributed by atoms with Crippen molar-refractivity contribution in [1.82, 2.24) is 14.9 Å². The zero-order valence-electron chi connectivity index (χ0n) is 10.2. The van der Waals surface area contributed by atoms with Crippen molar-refractivity contribution in [3.05, 3.63) is 18.2 Å². The minimum atomic E-state index is -0.118. The molecular formula is C12H20N4O. The van der Waals surface area contributed by atoms with Crippen LogP contribution in [0.4, 0.5) is 0 Å². The van der Waals surface area contributed by atoms with Gasteiger partial charge in [0.05, 0.1) is 6.33 Å². The molecule has 1 heterocycles. The van der Waals surface area contributed by atoms with Gasteiger partial charge in [-0.3, -0.25) is 4.79 Å². The lowest BCUT2D eigenvalue weighted by atomic mass is 9.98. The third kappa shape index (κ3) is 2.85. The molecule has 5 nitrogen and oxygen atoms in total. The number of hydrogen-bond donors (Lipinski definition) is 2. The lowest BCUT2D eigenvalue weighted by Crippen LogP contribution is -2.44. The van der Waals surface area contributed by atoms with Gasteiger partial charge in [-0.1, -0.05) is 12.8 Å². The summed E-state index contributed by atoms with van der Waals surface area (Å²) in [7, 11) is 1.85. The number of carbonyl (C=O) groups is 1. The number of imidazole rings is 1. The van der Waals surface area contributed by atoms with Crippen LogP contribution >= 0.6 is 0 Å². The Kier molecular flexibility index (Phi) is 3.78. The van der Waals surface area contributed by atoms with E-state index in [9.17, 15) is 4.79 Å². The molecule has 1 unspecified atom stereocenters. The molecule has 1 aromatic heterocycles. The first-order chi connectivity index (χ1) is 8.20. The molecule has 0 aromatic carbocycles. The predicted octanol–water partition coefficient (Wildman–Crippen LogP) is 0.667. The molecule has 1 fully saturated rings.